The van der Waals surface area contributed by atoms with Gasteiger partial charge in [-0.05, 0) is 24.3 Å². The zero-order valence-corrected chi connectivity index (χ0v) is 10.3. The van der Waals surface area contributed by atoms with E-state index in [-0.39, 0.29) is 10.7 Å². The fourth-order valence-electron chi connectivity index (χ4n) is 0.998. The summed E-state index contributed by atoms with van der Waals surface area (Å²) in [7, 11) is 1.50. The maximum Gasteiger partial charge on any atom is 0.261 e. The van der Waals surface area contributed by atoms with Crippen molar-refractivity contribution in [3.05, 3.63) is 66.5 Å². The molecule has 0 spiro atoms. The highest BCUT2D eigenvalue weighted by Gasteiger charge is 2.06. The second kappa shape index (κ2) is 6.37. The van der Waals surface area contributed by atoms with Gasteiger partial charge in [0.1, 0.15) is 5.82 Å². The van der Waals surface area contributed by atoms with Gasteiger partial charge >= 0.3 is 0 Å². The van der Waals surface area contributed by atoms with Crippen LogP contribution in [-0.4, -0.2) is 8.42 Å². The van der Waals surface area contributed by atoms with E-state index < -0.39 is 9.05 Å². The lowest BCUT2D eigenvalue weighted by Gasteiger charge is -1.91. The van der Waals surface area contributed by atoms with Gasteiger partial charge in [-0.25, -0.2) is 12.8 Å². The number of halogens is 2. The summed E-state index contributed by atoms with van der Waals surface area (Å²) >= 11 is 0. The van der Waals surface area contributed by atoms with Gasteiger partial charge in [-0.2, -0.15) is 0 Å². The Morgan fingerprint density at radius 1 is 0.824 bits per heavy atom. The first-order valence-electron chi connectivity index (χ1n) is 4.70. The van der Waals surface area contributed by atoms with Gasteiger partial charge in [0, 0.05) is 10.7 Å². The van der Waals surface area contributed by atoms with Crippen LogP contribution in [0.2, 0.25) is 0 Å². The second-order valence-electron chi connectivity index (χ2n) is 3.05. The lowest BCUT2D eigenvalue weighted by molar-refractivity contribution is 0.609. The Kier molecular flexibility index (Phi) is 5.12. The highest BCUT2D eigenvalue weighted by atomic mass is 35.7. The Bertz CT molecular complexity index is 541. The van der Waals surface area contributed by atoms with Crippen molar-refractivity contribution in [2.75, 3.05) is 0 Å². The molecule has 0 fully saturated rings. The molecule has 2 rings (SSSR count). The molecule has 0 radical (unpaired) electrons. The molecule has 0 bridgehead atoms. The van der Waals surface area contributed by atoms with Crippen molar-refractivity contribution in [1.82, 2.24) is 0 Å². The van der Waals surface area contributed by atoms with Crippen LogP contribution in [0.15, 0.2) is 65.6 Å². The summed E-state index contributed by atoms with van der Waals surface area (Å²) < 4.78 is 33.1. The van der Waals surface area contributed by atoms with Crippen LogP contribution in [0.1, 0.15) is 0 Å². The summed E-state index contributed by atoms with van der Waals surface area (Å²) in [5.41, 5.74) is 0. The molecule has 0 aliphatic heterocycles. The molecule has 0 saturated carbocycles. The smallest absolute Gasteiger partial charge is 0.207 e. The van der Waals surface area contributed by atoms with Gasteiger partial charge in [-0.15, -0.1) is 0 Å². The van der Waals surface area contributed by atoms with E-state index in [4.69, 9.17) is 10.7 Å². The third kappa shape index (κ3) is 5.47. The molecule has 0 aliphatic rings. The predicted octanol–water partition coefficient (Wildman–Crippen LogP) is 3.44. The minimum absolute atomic E-state index is 0.136. The van der Waals surface area contributed by atoms with E-state index >= 15 is 0 Å². The van der Waals surface area contributed by atoms with Crippen LogP contribution >= 0.6 is 10.7 Å². The summed E-state index contributed by atoms with van der Waals surface area (Å²) in [6.45, 7) is 0. The SMILES string of the molecule is Fc1ccccc1.O=S(=O)(Cl)c1ccccc1. The van der Waals surface area contributed by atoms with Gasteiger partial charge in [0.2, 0.25) is 0 Å². The van der Waals surface area contributed by atoms with E-state index in [2.05, 4.69) is 0 Å². The van der Waals surface area contributed by atoms with Crippen LogP contribution in [0.4, 0.5) is 4.39 Å². The van der Waals surface area contributed by atoms with Crippen LogP contribution in [0.3, 0.4) is 0 Å². The van der Waals surface area contributed by atoms with E-state index in [1.807, 2.05) is 0 Å². The maximum absolute atomic E-state index is 11.9. The monoisotopic (exact) mass is 272 g/mol. The van der Waals surface area contributed by atoms with E-state index in [9.17, 15) is 12.8 Å². The third-order valence-corrected chi connectivity index (χ3v) is 3.13. The zero-order chi connectivity index (χ0) is 12.7. The summed E-state index contributed by atoms with van der Waals surface area (Å²) in [6, 6.07) is 15.8. The summed E-state index contributed by atoms with van der Waals surface area (Å²) in [6.07, 6.45) is 0. The van der Waals surface area contributed by atoms with Gasteiger partial charge in [0.15, 0.2) is 0 Å². The largest absolute Gasteiger partial charge is 0.261 e. The van der Waals surface area contributed by atoms with Crippen molar-refractivity contribution in [2.45, 2.75) is 4.90 Å². The lowest BCUT2D eigenvalue weighted by atomic mass is 10.4. The average Bonchev–Trinajstić information content (AvgIpc) is 2.31. The average molecular weight is 273 g/mol. The molecule has 90 valence electrons. The first kappa shape index (κ1) is 13.7. The van der Waals surface area contributed by atoms with Gasteiger partial charge < -0.3 is 0 Å². The molecular weight excluding hydrogens is 263 g/mol. The van der Waals surface area contributed by atoms with E-state index in [0.29, 0.717) is 0 Å². The Balaban J connectivity index is 0.000000181. The fraction of sp³-hybridized carbons (Fsp3) is 0. The van der Waals surface area contributed by atoms with Crippen molar-refractivity contribution in [1.29, 1.82) is 0 Å². The maximum atomic E-state index is 11.9. The first-order chi connectivity index (χ1) is 8.00. The number of hydrogen-bond acceptors (Lipinski definition) is 2. The molecule has 5 heteroatoms. The van der Waals surface area contributed by atoms with E-state index in [0.717, 1.165) is 0 Å². The molecule has 0 heterocycles. The van der Waals surface area contributed by atoms with Gasteiger partial charge in [-0.3, -0.25) is 0 Å². The number of benzene rings is 2. The third-order valence-electron chi connectivity index (χ3n) is 1.76. The molecule has 0 saturated heterocycles. The Hall–Kier alpha value is -1.39. The van der Waals surface area contributed by atoms with Crippen LogP contribution in [-0.2, 0) is 9.05 Å². The highest BCUT2D eigenvalue weighted by molar-refractivity contribution is 8.13. The lowest BCUT2D eigenvalue weighted by Crippen LogP contribution is -1.87. The van der Waals surface area contributed by atoms with Gasteiger partial charge in [0.25, 0.3) is 9.05 Å². The summed E-state index contributed by atoms with van der Waals surface area (Å²) in [4.78, 5) is 0.136. The molecule has 2 aromatic carbocycles. The molecule has 0 N–H and O–H groups in total. The Morgan fingerprint density at radius 2 is 1.24 bits per heavy atom. The van der Waals surface area contributed by atoms with Crippen LogP contribution in [0.5, 0.6) is 0 Å². The quantitative estimate of drug-likeness (QED) is 0.745. The van der Waals surface area contributed by atoms with Crippen molar-refractivity contribution in [2.24, 2.45) is 0 Å². The normalized spacial score (nSPS) is 10.2. The summed E-state index contributed by atoms with van der Waals surface area (Å²) in [5, 5.41) is 0. The number of rotatable bonds is 1. The number of hydrogen-bond donors (Lipinski definition) is 0. The second-order valence-corrected chi connectivity index (χ2v) is 5.61. The highest BCUT2D eigenvalue weighted by Crippen LogP contribution is 2.12. The zero-order valence-electron chi connectivity index (χ0n) is 8.75. The minimum atomic E-state index is -3.53. The minimum Gasteiger partial charge on any atom is -0.207 e. The van der Waals surface area contributed by atoms with Crippen LogP contribution in [0.25, 0.3) is 0 Å². The molecule has 2 nitrogen and oxygen atoms in total. The standard InChI is InChI=1S/C6H5ClO2S.C6H5F/c7-10(8,9)6-4-2-1-3-5-6;7-6-4-2-1-3-5-6/h1-5H;1-5H. The van der Waals surface area contributed by atoms with Crippen molar-refractivity contribution >= 4 is 19.7 Å². The summed E-state index contributed by atoms with van der Waals surface area (Å²) in [5.74, 6) is -0.178. The Morgan fingerprint density at radius 3 is 1.47 bits per heavy atom. The topological polar surface area (TPSA) is 34.1 Å². The fourth-order valence-corrected chi connectivity index (χ4v) is 1.79. The van der Waals surface area contributed by atoms with Crippen molar-refractivity contribution < 1.29 is 12.8 Å². The van der Waals surface area contributed by atoms with Gasteiger partial charge in [-0.1, -0.05) is 36.4 Å². The molecule has 0 atom stereocenters. The Labute approximate surface area is 104 Å². The molecule has 0 unspecified atom stereocenters. The molecule has 0 aliphatic carbocycles. The molecule has 17 heavy (non-hydrogen) atoms. The van der Waals surface area contributed by atoms with Gasteiger partial charge in [0.05, 0.1) is 4.90 Å². The van der Waals surface area contributed by atoms with E-state index in [1.54, 1.807) is 36.4 Å². The van der Waals surface area contributed by atoms with Crippen LogP contribution < -0.4 is 0 Å². The first-order valence-corrected chi connectivity index (χ1v) is 7.01. The van der Waals surface area contributed by atoms with Crippen molar-refractivity contribution in [3.63, 3.8) is 0 Å². The molecule has 2 aromatic rings. The molecular formula is C12H10ClFO2S. The van der Waals surface area contributed by atoms with Crippen molar-refractivity contribution in [3.8, 4) is 0 Å². The van der Waals surface area contributed by atoms with E-state index in [1.165, 1.54) is 24.3 Å². The predicted molar refractivity (Wildman–Crippen MR) is 65.9 cm³/mol. The van der Waals surface area contributed by atoms with Crippen LogP contribution in [0, 0.1) is 5.82 Å². The molecule has 0 aromatic heterocycles. The molecule has 0 amide bonds.